The first-order valence-corrected chi connectivity index (χ1v) is 6.47. The van der Waals surface area contributed by atoms with Crippen LogP contribution in [0.2, 0.25) is 0 Å². The van der Waals surface area contributed by atoms with Gasteiger partial charge in [-0.3, -0.25) is 9.59 Å². The van der Waals surface area contributed by atoms with Crippen molar-refractivity contribution in [1.82, 2.24) is 5.32 Å². The van der Waals surface area contributed by atoms with Crippen molar-refractivity contribution in [3.63, 3.8) is 0 Å². The third-order valence-electron chi connectivity index (χ3n) is 2.06. The number of carboxylic acid groups (broad SMARTS) is 1. The standard InChI is InChI=1S/C10H12BrNO4S/c1-16-7(3-9(13)14)4-12-10(15)6-2-8(11)17-5-6/h2,5,7H,3-4H2,1H3,(H,12,15)(H,13,14). The molecule has 0 saturated carbocycles. The molecule has 1 aromatic rings. The lowest BCUT2D eigenvalue weighted by Gasteiger charge is -2.13. The first-order chi connectivity index (χ1) is 8.02. The van der Waals surface area contributed by atoms with E-state index in [1.165, 1.54) is 18.4 Å². The Balaban J connectivity index is 2.44. The summed E-state index contributed by atoms with van der Waals surface area (Å²) in [5.74, 6) is -1.19. The highest BCUT2D eigenvalue weighted by Gasteiger charge is 2.14. The fourth-order valence-electron chi connectivity index (χ4n) is 1.17. The summed E-state index contributed by atoms with van der Waals surface area (Å²) in [6.07, 6.45) is -0.650. The molecule has 0 aliphatic carbocycles. The molecule has 1 heterocycles. The quantitative estimate of drug-likeness (QED) is 0.836. The Hall–Kier alpha value is -0.920. The molecule has 0 fully saturated rings. The zero-order valence-electron chi connectivity index (χ0n) is 9.10. The highest BCUT2D eigenvalue weighted by atomic mass is 79.9. The first kappa shape index (κ1) is 14.1. The van der Waals surface area contributed by atoms with E-state index < -0.39 is 12.1 Å². The number of hydrogen-bond donors (Lipinski definition) is 2. The molecular formula is C10H12BrNO4S. The van der Waals surface area contributed by atoms with Gasteiger partial charge in [-0.1, -0.05) is 0 Å². The zero-order valence-corrected chi connectivity index (χ0v) is 11.5. The molecule has 0 bridgehead atoms. The molecule has 0 radical (unpaired) electrons. The third kappa shape index (κ3) is 4.84. The summed E-state index contributed by atoms with van der Waals surface area (Å²) in [5.41, 5.74) is 0.548. The van der Waals surface area contributed by atoms with Crippen molar-refractivity contribution in [3.05, 3.63) is 20.8 Å². The summed E-state index contributed by atoms with van der Waals surface area (Å²) in [6, 6.07) is 1.71. The van der Waals surface area contributed by atoms with Crippen LogP contribution in [0.3, 0.4) is 0 Å². The number of carbonyl (C=O) groups is 2. The maximum absolute atomic E-state index is 11.6. The first-order valence-electron chi connectivity index (χ1n) is 4.79. The van der Waals surface area contributed by atoms with Crippen LogP contribution in [-0.4, -0.2) is 36.7 Å². The van der Waals surface area contributed by atoms with Crippen LogP contribution in [0, 0.1) is 0 Å². The second kappa shape index (κ2) is 6.73. The second-order valence-electron chi connectivity index (χ2n) is 3.31. The number of amides is 1. The molecule has 0 aliphatic rings. The van der Waals surface area contributed by atoms with Gasteiger partial charge in [-0.05, 0) is 22.0 Å². The number of hydrogen-bond acceptors (Lipinski definition) is 4. The monoisotopic (exact) mass is 321 g/mol. The molecule has 5 nitrogen and oxygen atoms in total. The molecule has 0 saturated heterocycles. The lowest BCUT2D eigenvalue weighted by atomic mass is 10.2. The predicted octanol–water partition coefficient (Wildman–Crippen LogP) is 1.73. The van der Waals surface area contributed by atoms with Crippen molar-refractivity contribution >= 4 is 39.1 Å². The number of nitrogens with one attached hydrogen (secondary N) is 1. The van der Waals surface area contributed by atoms with Crippen LogP contribution < -0.4 is 5.32 Å². The van der Waals surface area contributed by atoms with Gasteiger partial charge in [0.05, 0.1) is 21.9 Å². The lowest BCUT2D eigenvalue weighted by molar-refractivity contribution is -0.139. The number of carbonyl (C=O) groups excluding carboxylic acids is 1. The molecule has 2 N–H and O–H groups in total. The van der Waals surface area contributed by atoms with Crippen molar-refractivity contribution in [2.75, 3.05) is 13.7 Å². The number of ether oxygens (including phenoxy) is 1. The van der Waals surface area contributed by atoms with Crippen molar-refractivity contribution < 1.29 is 19.4 Å². The Kier molecular flexibility index (Phi) is 5.60. The van der Waals surface area contributed by atoms with Gasteiger partial charge in [0.2, 0.25) is 0 Å². The predicted molar refractivity (Wildman–Crippen MR) is 67.4 cm³/mol. The van der Waals surface area contributed by atoms with Crippen molar-refractivity contribution in [1.29, 1.82) is 0 Å². The minimum absolute atomic E-state index is 0.135. The van der Waals surface area contributed by atoms with Gasteiger partial charge in [0.15, 0.2) is 0 Å². The van der Waals surface area contributed by atoms with Crippen LogP contribution in [-0.2, 0) is 9.53 Å². The highest BCUT2D eigenvalue weighted by molar-refractivity contribution is 9.11. The molecule has 1 amide bonds. The van der Waals surface area contributed by atoms with Gasteiger partial charge in [0, 0.05) is 19.0 Å². The van der Waals surface area contributed by atoms with E-state index in [-0.39, 0.29) is 18.9 Å². The van der Waals surface area contributed by atoms with Gasteiger partial charge in [-0.2, -0.15) is 0 Å². The fourth-order valence-corrected chi connectivity index (χ4v) is 2.31. The van der Waals surface area contributed by atoms with Crippen LogP contribution >= 0.6 is 27.3 Å². The van der Waals surface area contributed by atoms with Crippen molar-refractivity contribution in [2.45, 2.75) is 12.5 Å². The average molecular weight is 322 g/mol. The number of halogens is 1. The van der Waals surface area contributed by atoms with Crippen LogP contribution in [0.15, 0.2) is 15.2 Å². The van der Waals surface area contributed by atoms with Crippen molar-refractivity contribution in [3.8, 4) is 0 Å². The number of aliphatic carboxylic acids is 1. The Morgan fingerprint density at radius 2 is 2.35 bits per heavy atom. The van der Waals surface area contributed by atoms with E-state index in [4.69, 9.17) is 9.84 Å². The number of rotatable bonds is 6. The Morgan fingerprint density at radius 3 is 2.82 bits per heavy atom. The Bertz CT molecular complexity index is 407. The molecule has 1 aromatic heterocycles. The Labute approximate surface area is 111 Å². The molecule has 7 heteroatoms. The SMILES string of the molecule is COC(CNC(=O)c1csc(Br)c1)CC(=O)O. The highest BCUT2D eigenvalue weighted by Crippen LogP contribution is 2.20. The molecular weight excluding hydrogens is 310 g/mol. The topological polar surface area (TPSA) is 75.6 Å². The van der Waals surface area contributed by atoms with Crippen LogP contribution in [0.4, 0.5) is 0 Å². The Morgan fingerprint density at radius 1 is 1.65 bits per heavy atom. The van der Waals surface area contributed by atoms with Gasteiger partial charge in [-0.15, -0.1) is 11.3 Å². The van der Waals surface area contributed by atoms with E-state index in [1.807, 2.05) is 0 Å². The minimum atomic E-state index is -0.954. The fraction of sp³-hybridized carbons (Fsp3) is 0.400. The maximum Gasteiger partial charge on any atom is 0.306 e. The van der Waals surface area contributed by atoms with Gasteiger partial charge in [0.25, 0.3) is 5.91 Å². The molecule has 94 valence electrons. The van der Waals surface area contributed by atoms with Crippen LogP contribution in [0.1, 0.15) is 16.8 Å². The lowest BCUT2D eigenvalue weighted by Crippen LogP contribution is -2.34. The molecule has 0 spiro atoms. The largest absolute Gasteiger partial charge is 0.481 e. The maximum atomic E-state index is 11.6. The van der Waals surface area contributed by atoms with Crippen LogP contribution in [0.5, 0.6) is 0 Å². The molecule has 1 atom stereocenters. The van der Waals surface area contributed by atoms with E-state index in [0.29, 0.717) is 5.56 Å². The summed E-state index contributed by atoms with van der Waals surface area (Å²) in [7, 11) is 1.42. The zero-order chi connectivity index (χ0) is 12.8. The van der Waals surface area contributed by atoms with E-state index in [2.05, 4.69) is 21.2 Å². The van der Waals surface area contributed by atoms with Gasteiger partial charge in [-0.25, -0.2) is 0 Å². The summed E-state index contributed by atoms with van der Waals surface area (Å²) >= 11 is 4.68. The van der Waals surface area contributed by atoms with Gasteiger partial charge < -0.3 is 15.2 Å². The minimum Gasteiger partial charge on any atom is -0.481 e. The number of methoxy groups -OCH3 is 1. The summed E-state index contributed by atoms with van der Waals surface area (Å²) in [6.45, 7) is 0.176. The van der Waals surface area contributed by atoms with Crippen molar-refractivity contribution in [2.24, 2.45) is 0 Å². The summed E-state index contributed by atoms with van der Waals surface area (Å²) in [4.78, 5) is 22.1. The van der Waals surface area contributed by atoms with Gasteiger partial charge >= 0.3 is 5.97 Å². The van der Waals surface area contributed by atoms with E-state index in [1.54, 1.807) is 11.4 Å². The number of thiophene rings is 1. The summed E-state index contributed by atoms with van der Waals surface area (Å²) in [5, 5.41) is 13.0. The third-order valence-corrected chi connectivity index (χ3v) is 3.56. The smallest absolute Gasteiger partial charge is 0.306 e. The molecule has 1 rings (SSSR count). The molecule has 1 unspecified atom stereocenters. The number of carboxylic acids is 1. The van der Waals surface area contributed by atoms with E-state index in [0.717, 1.165) is 3.79 Å². The average Bonchev–Trinajstić information content (AvgIpc) is 2.70. The molecule has 17 heavy (non-hydrogen) atoms. The van der Waals surface area contributed by atoms with Crippen LogP contribution in [0.25, 0.3) is 0 Å². The van der Waals surface area contributed by atoms with Gasteiger partial charge in [0.1, 0.15) is 0 Å². The summed E-state index contributed by atoms with van der Waals surface area (Å²) < 4.78 is 5.82. The van der Waals surface area contributed by atoms with E-state index in [9.17, 15) is 9.59 Å². The normalized spacial score (nSPS) is 12.1. The molecule has 0 aliphatic heterocycles. The molecule has 0 aromatic carbocycles. The second-order valence-corrected chi connectivity index (χ2v) is 5.60. The van der Waals surface area contributed by atoms with E-state index >= 15 is 0 Å².